The summed E-state index contributed by atoms with van der Waals surface area (Å²) in [6.07, 6.45) is 1.83. The van der Waals surface area contributed by atoms with E-state index in [4.69, 9.17) is 0 Å². The number of aryl methyl sites for hydroxylation is 2. The number of hydrogen-bond acceptors (Lipinski definition) is 3. The third-order valence-corrected chi connectivity index (χ3v) is 4.09. The van der Waals surface area contributed by atoms with Gasteiger partial charge in [-0.2, -0.15) is 5.10 Å². The first-order chi connectivity index (χ1) is 13.0. The van der Waals surface area contributed by atoms with Crippen molar-refractivity contribution in [3.05, 3.63) is 77.0 Å². The molecule has 2 N–H and O–H groups in total. The number of benzene rings is 1. The maximum absolute atomic E-state index is 13.0. The van der Waals surface area contributed by atoms with Crippen LogP contribution >= 0.6 is 24.0 Å². The van der Waals surface area contributed by atoms with Gasteiger partial charge in [0, 0.05) is 32.0 Å². The molecule has 0 unspecified atom stereocenters. The minimum atomic E-state index is -0.238. The molecular weight excluding hydrogens is 470 g/mol. The van der Waals surface area contributed by atoms with E-state index in [1.54, 1.807) is 19.2 Å². The molecule has 0 aliphatic rings. The molecule has 3 aromatic rings. The molecule has 2 heterocycles. The lowest BCUT2D eigenvalue weighted by atomic mass is 10.2. The highest BCUT2D eigenvalue weighted by atomic mass is 127. The first kappa shape index (κ1) is 21.8. The van der Waals surface area contributed by atoms with E-state index in [1.165, 1.54) is 12.1 Å². The van der Waals surface area contributed by atoms with E-state index in [0.717, 1.165) is 28.3 Å². The number of aliphatic imine (C=N–C) groups is 1. The Balaban J connectivity index is 0.00000280. The predicted molar refractivity (Wildman–Crippen MR) is 120 cm³/mol. The smallest absolute Gasteiger partial charge is 0.191 e. The van der Waals surface area contributed by atoms with Gasteiger partial charge in [0.25, 0.3) is 0 Å². The Labute approximate surface area is 181 Å². The highest BCUT2D eigenvalue weighted by molar-refractivity contribution is 14.0. The summed E-state index contributed by atoms with van der Waals surface area (Å²) < 4.78 is 14.8. The summed E-state index contributed by atoms with van der Waals surface area (Å²) in [5.41, 5.74) is 4.03. The van der Waals surface area contributed by atoms with Gasteiger partial charge < -0.3 is 10.6 Å². The molecular formula is C20H24FIN6. The molecule has 6 nitrogen and oxygen atoms in total. The summed E-state index contributed by atoms with van der Waals surface area (Å²) in [7, 11) is 1.71. The molecule has 0 aliphatic heterocycles. The van der Waals surface area contributed by atoms with Crippen LogP contribution in [0.1, 0.15) is 22.5 Å². The molecule has 0 radical (unpaired) electrons. The fraction of sp³-hybridized carbons (Fsp3) is 0.250. The minimum absolute atomic E-state index is 0. The van der Waals surface area contributed by atoms with E-state index in [0.29, 0.717) is 19.0 Å². The third-order valence-electron chi connectivity index (χ3n) is 4.09. The van der Waals surface area contributed by atoms with Crippen molar-refractivity contribution in [1.82, 2.24) is 25.4 Å². The van der Waals surface area contributed by atoms with Crippen LogP contribution < -0.4 is 10.6 Å². The highest BCUT2D eigenvalue weighted by Gasteiger charge is 2.05. The fourth-order valence-corrected chi connectivity index (χ4v) is 2.70. The van der Waals surface area contributed by atoms with Crippen LogP contribution in [0, 0.1) is 19.7 Å². The Kier molecular flexibility index (Phi) is 7.91. The molecule has 2 aromatic heterocycles. The van der Waals surface area contributed by atoms with Crippen molar-refractivity contribution in [2.75, 3.05) is 7.05 Å². The van der Waals surface area contributed by atoms with Crippen LogP contribution in [0.25, 0.3) is 5.82 Å². The number of guanidine groups is 1. The van der Waals surface area contributed by atoms with Crippen molar-refractivity contribution < 1.29 is 4.39 Å². The summed E-state index contributed by atoms with van der Waals surface area (Å²) in [6, 6.07) is 12.4. The maximum Gasteiger partial charge on any atom is 0.191 e. The van der Waals surface area contributed by atoms with Crippen molar-refractivity contribution >= 4 is 29.9 Å². The molecule has 0 bridgehead atoms. The van der Waals surface area contributed by atoms with Crippen LogP contribution in [0.15, 0.2) is 53.7 Å². The molecule has 0 atom stereocenters. The molecule has 0 fully saturated rings. The van der Waals surface area contributed by atoms with Gasteiger partial charge in [-0.3, -0.25) is 4.99 Å². The largest absolute Gasteiger partial charge is 0.352 e. The monoisotopic (exact) mass is 494 g/mol. The van der Waals surface area contributed by atoms with Gasteiger partial charge in [-0.1, -0.05) is 18.2 Å². The molecule has 0 saturated heterocycles. The number of halogens is 2. The minimum Gasteiger partial charge on any atom is -0.352 e. The second-order valence-electron chi connectivity index (χ2n) is 6.27. The van der Waals surface area contributed by atoms with Gasteiger partial charge in [0.1, 0.15) is 5.82 Å². The van der Waals surface area contributed by atoms with Gasteiger partial charge in [-0.25, -0.2) is 14.1 Å². The summed E-state index contributed by atoms with van der Waals surface area (Å²) in [5.74, 6) is 1.22. The second kappa shape index (κ2) is 10.2. The van der Waals surface area contributed by atoms with Crippen LogP contribution in [-0.4, -0.2) is 27.8 Å². The topological polar surface area (TPSA) is 67.1 Å². The average Bonchev–Trinajstić information content (AvgIpc) is 3.02. The second-order valence-corrected chi connectivity index (χ2v) is 6.27. The summed E-state index contributed by atoms with van der Waals surface area (Å²) >= 11 is 0. The summed E-state index contributed by atoms with van der Waals surface area (Å²) in [6.45, 7) is 5.13. The van der Waals surface area contributed by atoms with Crippen LogP contribution in [0.3, 0.4) is 0 Å². The van der Waals surface area contributed by atoms with Gasteiger partial charge in [0.15, 0.2) is 11.8 Å². The van der Waals surface area contributed by atoms with Gasteiger partial charge >= 0.3 is 0 Å². The zero-order chi connectivity index (χ0) is 19.2. The van der Waals surface area contributed by atoms with Crippen molar-refractivity contribution in [2.45, 2.75) is 26.9 Å². The number of aromatic nitrogens is 3. The number of nitrogens with one attached hydrogen (secondary N) is 2. The van der Waals surface area contributed by atoms with E-state index < -0.39 is 0 Å². The van der Waals surface area contributed by atoms with Crippen LogP contribution in [-0.2, 0) is 13.1 Å². The Morgan fingerprint density at radius 2 is 1.68 bits per heavy atom. The average molecular weight is 494 g/mol. The van der Waals surface area contributed by atoms with Crippen molar-refractivity contribution in [2.24, 2.45) is 4.99 Å². The predicted octanol–water partition coefficient (Wildman–Crippen LogP) is 3.51. The molecule has 8 heteroatoms. The highest BCUT2D eigenvalue weighted by Crippen LogP contribution is 2.10. The lowest BCUT2D eigenvalue weighted by Crippen LogP contribution is -2.36. The van der Waals surface area contributed by atoms with Crippen LogP contribution in [0.5, 0.6) is 0 Å². The zero-order valence-corrected chi connectivity index (χ0v) is 18.4. The number of rotatable bonds is 5. The van der Waals surface area contributed by atoms with E-state index in [-0.39, 0.29) is 29.8 Å². The molecule has 1 aromatic carbocycles. The summed E-state index contributed by atoms with van der Waals surface area (Å²) in [5, 5.41) is 10.9. The molecule has 0 saturated carbocycles. The van der Waals surface area contributed by atoms with E-state index in [9.17, 15) is 4.39 Å². The van der Waals surface area contributed by atoms with Crippen molar-refractivity contribution in [1.29, 1.82) is 0 Å². The fourth-order valence-electron chi connectivity index (χ4n) is 2.70. The van der Waals surface area contributed by atoms with Gasteiger partial charge in [0.05, 0.1) is 5.69 Å². The number of nitrogens with zero attached hydrogens (tertiary/aromatic N) is 4. The molecule has 0 amide bonds. The quantitative estimate of drug-likeness (QED) is 0.324. The van der Waals surface area contributed by atoms with Gasteiger partial charge in [-0.05, 0) is 49.2 Å². The maximum atomic E-state index is 13.0. The zero-order valence-electron chi connectivity index (χ0n) is 16.1. The first-order valence-electron chi connectivity index (χ1n) is 8.72. The van der Waals surface area contributed by atoms with Crippen molar-refractivity contribution in [3.8, 4) is 5.82 Å². The van der Waals surface area contributed by atoms with E-state index in [1.807, 2.05) is 42.9 Å². The first-order valence-corrected chi connectivity index (χ1v) is 8.72. The van der Waals surface area contributed by atoms with Crippen LogP contribution in [0.2, 0.25) is 0 Å². The Hall–Kier alpha value is -2.49. The van der Waals surface area contributed by atoms with Gasteiger partial charge in [0.2, 0.25) is 0 Å². The lowest BCUT2D eigenvalue weighted by molar-refractivity contribution is 0.626. The molecule has 28 heavy (non-hydrogen) atoms. The lowest BCUT2D eigenvalue weighted by Gasteiger charge is -2.12. The standard InChI is InChI=1S/C20H23FN6.HI/c1-14-10-15(2)27(26-14)19-9-6-17(12-23-19)13-25-20(22-3)24-11-16-4-7-18(21)8-5-16;/h4-10,12H,11,13H2,1-3H3,(H2,22,24,25);1H. The Morgan fingerprint density at radius 3 is 2.21 bits per heavy atom. The Morgan fingerprint density at radius 1 is 1.04 bits per heavy atom. The Bertz CT molecular complexity index is 919. The number of hydrogen-bond donors (Lipinski definition) is 2. The molecule has 0 aliphatic carbocycles. The normalized spacial score (nSPS) is 11.1. The van der Waals surface area contributed by atoms with Crippen molar-refractivity contribution in [3.63, 3.8) is 0 Å². The molecule has 0 spiro atoms. The van der Waals surface area contributed by atoms with Gasteiger partial charge in [-0.15, -0.1) is 24.0 Å². The van der Waals surface area contributed by atoms with E-state index >= 15 is 0 Å². The molecule has 3 rings (SSSR count). The summed E-state index contributed by atoms with van der Waals surface area (Å²) in [4.78, 5) is 8.69. The number of pyridine rings is 1. The van der Waals surface area contributed by atoms with Crippen LogP contribution in [0.4, 0.5) is 4.39 Å². The van der Waals surface area contributed by atoms with E-state index in [2.05, 4.69) is 25.7 Å². The molecule has 148 valence electrons. The SMILES string of the molecule is CN=C(NCc1ccc(F)cc1)NCc1ccc(-n2nc(C)cc2C)nc1.I. The third kappa shape index (κ3) is 5.75.